The van der Waals surface area contributed by atoms with E-state index in [1.807, 2.05) is 18.2 Å². The number of hydrogen-bond donors (Lipinski definition) is 1. The van der Waals surface area contributed by atoms with Gasteiger partial charge in [0.25, 0.3) is 5.91 Å². The van der Waals surface area contributed by atoms with Crippen LogP contribution in [0.25, 0.3) is 0 Å². The number of ether oxygens (including phenoxy) is 1. The number of amides is 1. The minimum atomic E-state index is -1.00. The first-order valence-corrected chi connectivity index (χ1v) is 8.93. The lowest BCUT2D eigenvalue weighted by molar-refractivity contribution is -0.128. The monoisotopic (exact) mass is 358 g/mol. The van der Waals surface area contributed by atoms with Gasteiger partial charge < -0.3 is 15.0 Å². The second kappa shape index (κ2) is 7.36. The summed E-state index contributed by atoms with van der Waals surface area (Å²) in [5.41, 5.74) is 0.922. The van der Waals surface area contributed by atoms with Crippen molar-refractivity contribution in [3.8, 4) is 5.75 Å². The second-order valence-electron chi connectivity index (χ2n) is 6.76. The molecule has 1 amide bonds. The van der Waals surface area contributed by atoms with Gasteiger partial charge in [0.1, 0.15) is 5.75 Å². The highest BCUT2D eigenvalue weighted by atomic mass is 35.5. The third-order valence-corrected chi connectivity index (χ3v) is 4.56. The molecule has 1 heterocycles. The molecule has 0 saturated carbocycles. The average molecular weight is 359 g/mol. The lowest BCUT2D eigenvalue weighted by atomic mass is 10.1. The van der Waals surface area contributed by atoms with Crippen LogP contribution in [0.4, 0.5) is 11.4 Å². The number of benzene rings is 2. The molecule has 4 nitrogen and oxygen atoms in total. The molecule has 0 spiro atoms. The Morgan fingerprint density at radius 2 is 1.80 bits per heavy atom. The molecule has 1 aliphatic heterocycles. The van der Waals surface area contributed by atoms with Gasteiger partial charge in [-0.15, -0.1) is 0 Å². The van der Waals surface area contributed by atoms with E-state index in [1.54, 1.807) is 38.1 Å². The van der Waals surface area contributed by atoms with Gasteiger partial charge in [-0.3, -0.25) is 4.79 Å². The molecule has 0 radical (unpaired) electrons. The Bertz CT molecular complexity index is 738. The van der Waals surface area contributed by atoms with Crippen molar-refractivity contribution in [2.45, 2.75) is 32.3 Å². The Labute approximate surface area is 153 Å². The minimum absolute atomic E-state index is 0.193. The van der Waals surface area contributed by atoms with Gasteiger partial charge in [0, 0.05) is 29.5 Å². The van der Waals surface area contributed by atoms with E-state index in [2.05, 4.69) is 16.3 Å². The first-order chi connectivity index (χ1) is 11.9. The molecule has 3 rings (SSSR count). The summed E-state index contributed by atoms with van der Waals surface area (Å²) in [5, 5.41) is 3.59. The number of halogens is 1. The zero-order chi connectivity index (χ0) is 17.9. The number of anilines is 2. The van der Waals surface area contributed by atoms with Crippen molar-refractivity contribution in [3.05, 3.63) is 53.6 Å². The fourth-order valence-electron chi connectivity index (χ4n) is 2.88. The maximum atomic E-state index is 12.7. The number of carbonyl (C=O) groups is 1. The molecule has 1 fully saturated rings. The lowest BCUT2D eigenvalue weighted by Crippen LogP contribution is -2.42. The van der Waals surface area contributed by atoms with E-state index in [9.17, 15) is 4.79 Å². The van der Waals surface area contributed by atoms with Crippen LogP contribution in [0, 0.1) is 0 Å². The summed E-state index contributed by atoms with van der Waals surface area (Å²) < 4.78 is 5.84. The summed E-state index contributed by atoms with van der Waals surface area (Å²) in [4.78, 5) is 15.0. The van der Waals surface area contributed by atoms with Crippen LogP contribution in [0.3, 0.4) is 0 Å². The van der Waals surface area contributed by atoms with E-state index in [-0.39, 0.29) is 5.91 Å². The van der Waals surface area contributed by atoms with E-state index < -0.39 is 5.60 Å². The van der Waals surface area contributed by atoms with Crippen molar-refractivity contribution in [1.82, 2.24) is 0 Å². The summed E-state index contributed by atoms with van der Waals surface area (Å²) in [7, 11) is 0. The van der Waals surface area contributed by atoms with E-state index >= 15 is 0 Å². The Kier molecular flexibility index (Phi) is 5.19. The van der Waals surface area contributed by atoms with Gasteiger partial charge in [0.15, 0.2) is 5.60 Å². The zero-order valence-electron chi connectivity index (χ0n) is 14.6. The molecule has 0 unspecified atom stereocenters. The summed E-state index contributed by atoms with van der Waals surface area (Å²) in [5.74, 6) is 0.413. The van der Waals surface area contributed by atoms with Crippen molar-refractivity contribution in [1.29, 1.82) is 0 Å². The molecule has 0 aliphatic carbocycles. The van der Waals surface area contributed by atoms with E-state index in [4.69, 9.17) is 16.3 Å². The molecule has 132 valence electrons. The molecule has 0 bridgehead atoms. The predicted octanol–water partition coefficient (Wildman–Crippen LogP) is 4.74. The first kappa shape index (κ1) is 17.6. The fourth-order valence-corrected chi connectivity index (χ4v) is 3.01. The first-order valence-electron chi connectivity index (χ1n) is 8.55. The van der Waals surface area contributed by atoms with Gasteiger partial charge in [0.2, 0.25) is 0 Å². The third-order valence-electron chi connectivity index (χ3n) is 4.31. The molecule has 1 N–H and O–H groups in total. The van der Waals surface area contributed by atoms with Crippen LogP contribution in [0.2, 0.25) is 5.02 Å². The minimum Gasteiger partial charge on any atom is -0.478 e. The molecule has 2 aromatic rings. The average Bonchev–Trinajstić information content (AvgIpc) is 3.11. The molecule has 0 atom stereocenters. The largest absolute Gasteiger partial charge is 0.478 e. The molecule has 2 aromatic carbocycles. The molecule has 1 aliphatic rings. The van der Waals surface area contributed by atoms with Gasteiger partial charge in [0.05, 0.1) is 0 Å². The smallest absolute Gasteiger partial charge is 0.267 e. The van der Waals surface area contributed by atoms with Crippen LogP contribution in [0.1, 0.15) is 26.7 Å². The molecule has 1 saturated heterocycles. The van der Waals surface area contributed by atoms with Gasteiger partial charge in [-0.2, -0.15) is 0 Å². The Balaban J connectivity index is 1.68. The van der Waals surface area contributed by atoms with E-state index in [0.717, 1.165) is 24.5 Å². The molecule has 0 aromatic heterocycles. The van der Waals surface area contributed by atoms with Crippen molar-refractivity contribution < 1.29 is 9.53 Å². The number of hydrogen-bond acceptors (Lipinski definition) is 3. The van der Waals surface area contributed by atoms with Crippen molar-refractivity contribution in [3.63, 3.8) is 0 Å². The maximum Gasteiger partial charge on any atom is 0.267 e. The predicted molar refractivity (Wildman–Crippen MR) is 103 cm³/mol. The number of nitrogens with one attached hydrogen (secondary N) is 1. The van der Waals surface area contributed by atoms with Crippen LogP contribution in [-0.2, 0) is 4.79 Å². The standard InChI is InChI=1S/C20H23ClN2O2/c1-20(2,25-18-10-8-15(21)9-11-18)19(24)22-16-6-5-7-17(14-16)23-12-3-4-13-23/h5-11,14H,3-4,12-13H2,1-2H3,(H,22,24). The normalized spacial score (nSPS) is 14.4. The highest BCUT2D eigenvalue weighted by Crippen LogP contribution is 2.25. The van der Waals surface area contributed by atoms with Crippen LogP contribution < -0.4 is 15.0 Å². The number of carbonyl (C=O) groups excluding carboxylic acids is 1. The lowest BCUT2D eigenvalue weighted by Gasteiger charge is -2.26. The van der Waals surface area contributed by atoms with Crippen LogP contribution >= 0.6 is 11.6 Å². The Hall–Kier alpha value is -2.20. The summed E-state index contributed by atoms with van der Waals surface area (Å²) >= 11 is 5.88. The van der Waals surface area contributed by atoms with Crippen molar-refractivity contribution in [2.75, 3.05) is 23.3 Å². The van der Waals surface area contributed by atoms with Crippen LogP contribution in [0.15, 0.2) is 48.5 Å². The summed E-state index contributed by atoms with van der Waals surface area (Å²) in [6, 6.07) is 15.0. The fraction of sp³-hybridized carbons (Fsp3) is 0.350. The van der Waals surface area contributed by atoms with Gasteiger partial charge in [-0.1, -0.05) is 17.7 Å². The van der Waals surface area contributed by atoms with Gasteiger partial charge >= 0.3 is 0 Å². The van der Waals surface area contributed by atoms with Gasteiger partial charge in [-0.25, -0.2) is 0 Å². The van der Waals surface area contributed by atoms with E-state index in [0.29, 0.717) is 10.8 Å². The third kappa shape index (κ3) is 4.45. The topological polar surface area (TPSA) is 41.6 Å². The molecule has 25 heavy (non-hydrogen) atoms. The van der Waals surface area contributed by atoms with Crippen molar-refractivity contribution in [2.24, 2.45) is 0 Å². The molecular weight excluding hydrogens is 336 g/mol. The summed E-state index contributed by atoms with van der Waals surface area (Å²) in [6.45, 7) is 5.65. The zero-order valence-corrected chi connectivity index (χ0v) is 15.3. The quantitative estimate of drug-likeness (QED) is 0.839. The van der Waals surface area contributed by atoms with Gasteiger partial charge in [-0.05, 0) is 69.2 Å². The van der Waals surface area contributed by atoms with Crippen molar-refractivity contribution >= 4 is 28.9 Å². The highest BCUT2D eigenvalue weighted by Gasteiger charge is 2.30. The van der Waals surface area contributed by atoms with E-state index in [1.165, 1.54) is 12.8 Å². The second-order valence-corrected chi connectivity index (χ2v) is 7.20. The highest BCUT2D eigenvalue weighted by molar-refractivity contribution is 6.30. The van der Waals surface area contributed by atoms with Crippen LogP contribution in [0.5, 0.6) is 5.75 Å². The molecule has 5 heteroatoms. The number of rotatable bonds is 5. The summed E-state index contributed by atoms with van der Waals surface area (Å²) in [6.07, 6.45) is 2.44. The SMILES string of the molecule is CC(C)(Oc1ccc(Cl)cc1)C(=O)Nc1cccc(N2CCCC2)c1. The maximum absolute atomic E-state index is 12.7. The number of nitrogens with zero attached hydrogens (tertiary/aromatic N) is 1. The Morgan fingerprint density at radius 3 is 2.48 bits per heavy atom. The molecular formula is C20H23ClN2O2. The van der Waals surface area contributed by atoms with Crippen LogP contribution in [-0.4, -0.2) is 24.6 Å². The Morgan fingerprint density at radius 1 is 1.12 bits per heavy atom.